The Morgan fingerprint density at radius 2 is 2.24 bits per heavy atom. The van der Waals surface area contributed by atoms with Crippen LogP contribution in [0.4, 0.5) is 0 Å². The van der Waals surface area contributed by atoms with E-state index in [4.69, 9.17) is 9.52 Å². The summed E-state index contributed by atoms with van der Waals surface area (Å²) in [6, 6.07) is 7.54. The highest BCUT2D eigenvalue weighted by molar-refractivity contribution is 7.99. The number of fused-ring (bicyclic) bond motifs is 1. The minimum Gasteiger partial charge on any atom is -0.431 e. The monoisotopic (exact) mass is 306 g/mol. The molecule has 0 radical (unpaired) electrons. The van der Waals surface area contributed by atoms with Gasteiger partial charge in [-0.25, -0.2) is 4.98 Å². The Bertz CT molecular complexity index is 604. The van der Waals surface area contributed by atoms with Crippen LogP contribution in [0, 0.1) is 5.41 Å². The van der Waals surface area contributed by atoms with Gasteiger partial charge in [0.25, 0.3) is 5.22 Å². The van der Waals surface area contributed by atoms with Crippen LogP contribution in [0.5, 0.6) is 0 Å². The van der Waals surface area contributed by atoms with Gasteiger partial charge in [-0.15, -0.1) is 0 Å². The molecule has 0 bridgehead atoms. The summed E-state index contributed by atoms with van der Waals surface area (Å²) >= 11 is 1.30. The van der Waals surface area contributed by atoms with Crippen molar-refractivity contribution in [1.82, 2.24) is 10.3 Å². The van der Waals surface area contributed by atoms with E-state index in [-0.39, 0.29) is 17.9 Å². The summed E-state index contributed by atoms with van der Waals surface area (Å²) in [4.78, 5) is 16.2. The first-order chi connectivity index (χ1) is 10.2. The molecular formula is C15H18N2O3S. The smallest absolute Gasteiger partial charge is 0.257 e. The van der Waals surface area contributed by atoms with Gasteiger partial charge in [-0.3, -0.25) is 4.79 Å². The standard InChI is InChI=1S/C15H18N2O3S/c18-8-7-15(5-6-15)10-16-13(19)9-21-14-17-11-3-1-2-4-12(11)20-14/h1-4,18H,5-10H2,(H,16,19). The summed E-state index contributed by atoms with van der Waals surface area (Å²) in [5.74, 6) is 0.272. The molecule has 0 atom stereocenters. The SMILES string of the molecule is O=C(CSc1nc2ccccc2o1)NCC1(CCO)CC1. The van der Waals surface area contributed by atoms with Gasteiger partial charge in [0, 0.05) is 13.2 Å². The van der Waals surface area contributed by atoms with E-state index in [2.05, 4.69) is 10.3 Å². The number of para-hydroxylation sites is 2. The fraction of sp³-hybridized carbons (Fsp3) is 0.467. The molecule has 0 aliphatic heterocycles. The van der Waals surface area contributed by atoms with Gasteiger partial charge in [0.1, 0.15) is 5.52 Å². The van der Waals surface area contributed by atoms with Crippen LogP contribution in [-0.2, 0) is 4.79 Å². The Balaban J connectivity index is 1.47. The summed E-state index contributed by atoms with van der Waals surface area (Å²) in [5, 5.41) is 12.4. The van der Waals surface area contributed by atoms with Gasteiger partial charge in [-0.2, -0.15) is 0 Å². The molecule has 1 aliphatic rings. The van der Waals surface area contributed by atoms with Crippen LogP contribution in [0.15, 0.2) is 33.9 Å². The van der Waals surface area contributed by atoms with Crippen LogP contribution < -0.4 is 5.32 Å². The first-order valence-electron chi connectivity index (χ1n) is 7.07. The molecule has 2 aromatic rings. The van der Waals surface area contributed by atoms with Crippen molar-refractivity contribution >= 4 is 28.8 Å². The number of hydrogen-bond donors (Lipinski definition) is 2. The first kappa shape index (κ1) is 14.4. The summed E-state index contributed by atoms with van der Waals surface area (Å²) in [6.45, 7) is 0.841. The molecule has 0 unspecified atom stereocenters. The molecule has 1 aliphatic carbocycles. The summed E-state index contributed by atoms with van der Waals surface area (Å²) < 4.78 is 5.55. The summed E-state index contributed by atoms with van der Waals surface area (Å²) in [5.41, 5.74) is 1.69. The van der Waals surface area contributed by atoms with Crippen molar-refractivity contribution in [1.29, 1.82) is 0 Å². The predicted molar refractivity (Wildman–Crippen MR) is 81.1 cm³/mol. The highest BCUT2D eigenvalue weighted by Crippen LogP contribution is 2.47. The van der Waals surface area contributed by atoms with Crippen molar-refractivity contribution in [2.24, 2.45) is 5.41 Å². The highest BCUT2D eigenvalue weighted by atomic mass is 32.2. The molecule has 0 spiro atoms. The van der Waals surface area contributed by atoms with Crippen molar-refractivity contribution in [3.8, 4) is 0 Å². The van der Waals surface area contributed by atoms with Crippen molar-refractivity contribution in [3.05, 3.63) is 24.3 Å². The molecular weight excluding hydrogens is 288 g/mol. The number of oxazole rings is 1. The molecule has 112 valence electrons. The zero-order valence-electron chi connectivity index (χ0n) is 11.7. The Morgan fingerprint density at radius 1 is 1.43 bits per heavy atom. The van der Waals surface area contributed by atoms with Gasteiger partial charge in [0.05, 0.1) is 5.75 Å². The van der Waals surface area contributed by atoms with Crippen LogP contribution in [0.2, 0.25) is 0 Å². The minimum atomic E-state index is -0.0218. The third kappa shape index (κ3) is 3.57. The Hall–Kier alpha value is -1.53. The fourth-order valence-electron chi connectivity index (χ4n) is 2.31. The van der Waals surface area contributed by atoms with E-state index in [1.54, 1.807) is 0 Å². The Kier molecular flexibility index (Phi) is 4.17. The number of benzene rings is 1. The maximum atomic E-state index is 11.8. The third-order valence-corrected chi connectivity index (χ3v) is 4.69. The van der Waals surface area contributed by atoms with Crippen molar-refractivity contribution < 1.29 is 14.3 Å². The van der Waals surface area contributed by atoms with E-state index in [1.165, 1.54) is 11.8 Å². The second-order valence-electron chi connectivity index (χ2n) is 5.49. The molecule has 1 aromatic carbocycles. The van der Waals surface area contributed by atoms with E-state index >= 15 is 0 Å². The number of rotatable bonds is 7. The number of nitrogens with one attached hydrogen (secondary N) is 1. The van der Waals surface area contributed by atoms with Gasteiger partial charge in [-0.05, 0) is 36.8 Å². The normalized spacial score (nSPS) is 16.0. The lowest BCUT2D eigenvalue weighted by molar-refractivity contribution is -0.118. The third-order valence-electron chi connectivity index (χ3n) is 3.86. The number of aromatic nitrogens is 1. The number of nitrogens with zero attached hydrogens (tertiary/aromatic N) is 1. The number of carbonyl (C=O) groups excluding carboxylic acids is 1. The number of amides is 1. The van der Waals surface area contributed by atoms with Crippen LogP contribution in [0.25, 0.3) is 11.1 Å². The molecule has 6 heteroatoms. The largest absolute Gasteiger partial charge is 0.431 e. The van der Waals surface area contributed by atoms with E-state index in [0.29, 0.717) is 17.5 Å². The van der Waals surface area contributed by atoms with Crippen molar-refractivity contribution in [2.75, 3.05) is 18.9 Å². The second kappa shape index (κ2) is 6.07. The second-order valence-corrected chi connectivity index (χ2v) is 6.41. The number of thioether (sulfide) groups is 1. The van der Waals surface area contributed by atoms with Crippen LogP contribution in [0.1, 0.15) is 19.3 Å². The van der Waals surface area contributed by atoms with Gasteiger partial charge in [0.15, 0.2) is 5.58 Å². The maximum Gasteiger partial charge on any atom is 0.257 e. The summed E-state index contributed by atoms with van der Waals surface area (Å²) in [7, 11) is 0. The summed E-state index contributed by atoms with van der Waals surface area (Å²) in [6.07, 6.45) is 2.95. The molecule has 3 rings (SSSR count). The molecule has 1 aromatic heterocycles. The van der Waals surface area contributed by atoms with Gasteiger partial charge in [-0.1, -0.05) is 23.9 Å². The molecule has 1 fully saturated rings. The molecule has 1 heterocycles. The van der Waals surface area contributed by atoms with E-state index in [0.717, 1.165) is 30.4 Å². The molecule has 21 heavy (non-hydrogen) atoms. The van der Waals surface area contributed by atoms with E-state index < -0.39 is 0 Å². The lowest BCUT2D eigenvalue weighted by Crippen LogP contribution is -2.31. The van der Waals surface area contributed by atoms with Crippen LogP contribution in [-0.4, -0.2) is 34.9 Å². The minimum absolute atomic E-state index is 0.0218. The number of hydrogen-bond acceptors (Lipinski definition) is 5. The van der Waals surface area contributed by atoms with E-state index in [1.807, 2.05) is 24.3 Å². The highest BCUT2D eigenvalue weighted by Gasteiger charge is 2.41. The van der Waals surface area contributed by atoms with Gasteiger partial charge < -0.3 is 14.8 Å². The number of carbonyl (C=O) groups is 1. The zero-order chi connectivity index (χ0) is 14.7. The average molecular weight is 306 g/mol. The molecule has 2 N–H and O–H groups in total. The van der Waals surface area contributed by atoms with Crippen molar-refractivity contribution in [2.45, 2.75) is 24.5 Å². The molecule has 1 saturated carbocycles. The van der Waals surface area contributed by atoms with Gasteiger partial charge >= 0.3 is 0 Å². The van der Waals surface area contributed by atoms with Crippen LogP contribution >= 0.6 is 11.8 Å². The Morgan fingerprint density at radius 3 is 2.95 bits per heavy atom. The quantitative estimate of drug-likeness (QED) is 0.767. The first-order valence-corrected chi connectivity index (χ1v) is 8.05. The number of aliphatic hydroxyl groups excluding tert-OH is 1. The lowest BCUT2D eigenvalue weighted by atomic mass is 10.0. The lowest BCUT2D eigenvalue weighted by Gasteiger charge is -2.13. The van der Waals surface area contributed by atoms with Gasteiger partial charge in [0.2, 0.25) is 5.91 Å². The topological polar surface area (TPSA) is 75.4 Å². The number of aliphatic hydroxyl groups is 1. The van der Waals surface area contributed by atoms with Crippen molar-refractivity contribution in [3.63, 3.8) is 0 Å². The Labute approximate surface area is 127 Å². The molecule has 1 amide bonds. The molecule has 0 saturated heterocycles. The average Bonchev–Trinajstić information content (AvgIpc) is 3.12. The van der Waals surface area contributed by atoms with E-state index in [9.17, 15) is 4.79 Å². The maximum absolute atomic E-state index is 11.8. The predicted octanol–water partition coefficient (Wildman–Crippen LogP) is 2.20. The zero-order valence-corrected chi connectivity index (χ0v) is 12.5. The molecule has 5 nitrogen and oxygen atoms in total. The van der Waals surface area contributed by atoms with Crippen LogP contribution in [0.3, 0.4) is 0 Å². The fourth-order valence-corrected chi connectivity index (χ4v) is 2.97.